The molecule has 0 fully saturated rings. The van der Waals surface area contributed by atoms with Crippen LogP contribution in [0.2, 0.25) is 3.93 Å². The van der Waals surface area contributed by atoms with Gasteiger partial charge in [-0.15, -0.1) is 0 Å². The predicted molar refractivity (Wildman–Crippen MR) is 107 cm³/mol. The van der Waals surface area contributed by atoms with Crippen LogP contribution in [0, 0.1) is 12.3 Å². The number of aryl methyl sites for hydroxylation is 1. The van der Waals surface area contributed by atoms with E-state index in [1.54, 1.807) is 0 Å². The Balaban J connectivity index is 2.16. The molecule has 1 aromatic carbocycles. The molecule has 0 bridgehead atoms. The standard InChI is InChI=1S/C21H27O2S.ClH.Hg/c1-16-10-12-18(13-11-16)24-19-9-5-6-14-21(19,3)15-7-8-17(2)20(22)23-4;;/h8-13H,3,5-7,14-15H2,1-2,4H3;1H;/q;;+1/p-1/b17-8+;;/t21-;;/m0../s1. The van der Waals surface area contributed by atoms with Gasteiger partial charge in [-0.25, -0.2) is 0 Å². The molecule has 0 N–H and O–H groups in total. The third kappa shape index (κ3) is 6.14. The third-order valence-corrected chi connectivity index (χ3v) is 12.6. The summed E-state index contributed by atoms with van der Waals surface area (Å²) < 4.78 is 6.00. The van der Waals surface area contributed by atoms with Crippen molar-refractivity contribution in [2.24, 2.45) is 5.41 Å². The summed E-state index contributed by atoms with van der Waals surface area (Å²) in [5.74, 6) is -0.232. The second-order valence-electron chi connectivity index (χ2n) is 7.01. The molecule has 0 saturated carbocycles. The van der Waals surface area contributed by atoms with Crippen LogP contribution in [-0.4, -0.2) is 13.1 Å². The zero-order valence-electron chi connectivity index (χ0n) is 16.0. The van der Waals surface area contributed by atoms with Crippen LogP contribution in [0.25, 0.3) is 0 Å². The van der Waals surface area contributed by atoms with Crippen LogP contribution in [0.4, 0.5) is 0 Å². The zero-order valence-corrected chi connectivity index (χ0v) is 23.1. The molecule has 1 aliphatic carbocycles. The fraction of sp³-hybridized carbons (Fsp3) is 0.476. The van der Waals surface area contributed by atoms with E-state index < -0.39 is 23.3 Å². The van der Waals surface area contributed by atoms with E-state index in [0.29, 0.717) is 5.57 Å². The summed E-state index contributed by atoms with van der Waals surface area (Å²) in [5.41, 5.74) is 2.20. The Hall–Kier alpha value is -0.255. The zero-order chi connectivity index (χ0) is 19.0. The number of ether oxygens (including phenoxy) is 1. The Morgan fingerprint density at radius 1 is 1.38 bits per heavy atom. The van der Waals surface area contributed by atoms with Gasteiger partial charge >= 0.3 is 179 Å². The van der Waals surface area contributed by atoms with E-state index in [1.807, 2.05) is 24.8 Å². The van der Waals surface area contributed by atoms with Crippen molar-refractivity contribution < 1.29 is 32.9 Å². The topological polar surface area (TPSA) is 26.3 Å². The maximum atomic E-state index is 11.6. The number of carbonyl (C=O) groups is 1. The molecule has 0 unspecified atom stereocenters. The minimum absolute atomic E-state index is 0.212. The van der Waals surface area contributed by atoms with Crippen LogP contribution < -0.4 is 0 Å². The Morgan fingerprint density at radius 2 is 2.12 bits per heavy atom. The number of rotatable bonds is 8. The first-order chi connectivity index (χ1) is 12.5. The second kappa shape index (κ2) is 10.9. The molecule has 0 heterocycles. The van der Waals surface area contributed by atoms with Crippen molar-refractivity contribution in [3.63, 3.8) is 0 Å². The van der Waals surface area contributed by atoms with Crippen LogP contribution in [0.1, 0.15) is 44.6 Å². The van der Waals surface area contributed by atoms with Crippen LogP contribution in [0.3, 0.4) is 0 Å². The monoisotopic (exact) mass is 580 g/mol. The molecular weight excluding hydrogens is 552 g/mol. The first-order valence-corrected chi connectivity index (χ1v) is 20.7. The number of methoxy groups -OCH3 is 1. The van der Waals surface area contributed by atoms with Gasteiger partial charge in [-0.1, -0.05) is 0 Å². The van der Waals surface area contributed by atoms with E-state index in [-0.39, 0.29) is 11.4 Å². The fourth-order valence-corrected chi connectivity index (χ4v) is 13.0. The molecule has 0 radical (unpaired) electrons. The van der Waals surface area contributed by atoms with Crippen LogP contribution in [0.15, 0.2) is 51.8 Å². The Kier molecular flexibility index (Phi) is 9.26. The van der Waals surface area contributed by atoms with Crippen molar-refractivity contribution in [3.05, 3.63) is 52.5 Å². The van der Waals surface area contributed by atoms with Gasteiger partial charge in [-0.05, 0) is 0 Å². The maximum absolute atomic E-state index is 11.6. The Labute approximate surface area is 177 Å². The molecule has 0 saturated heterocycles. The van der Waals surface area contributed by atoms with Crippen molar-refractivity contribution in [3.8, 4) is 0 Å². The average Bonchev–Trinajstić information content (AvgIpc) is 2.65. The van der Waals surface area contributed by atoms with Gasteiger partial charge in [0, 0.05) is 0 Å². The molecule has 1 atom stereocenters. The molecule has 5 heteroatoms. The number of allylic oxidation sites excluding steroid dienone is 3. The number of hydrogen-bond acceptors (Lipinski definition) is 3. The summed E-state index contributed by atoms with van der Waals surface area (Å²) >= 11 is 0.598. The summed E-state index contributed by atoms with van der Waals surface area (Å²) in [6, 6.07) is 8.79. The summed E-state index contributed by atoms with van der Waals surface area (Å²) in [6.07, 6.45) is 10.0. The number of benzene rings is 1. The van der Waals surface area contributed by atoms with Crippen molar-refractivity contribution >= 4 is 26.0 Å². The molecule has 1 aromatic rings. The summed E-state index contributed by atoms with van der Waals surface area (Å²) in [6.45, 7) is 3.95. The molecule has 26 heavy (non-hydrogen) atoms. The van der Waals surface area contributed by atoms with Gasteiger partial charge in [0.2, 0.25) is 0 Å². The van der Waals surface area contributed by atoms with E-state index in [9.17, 15) is 4.79 Å². The van der Waals surface area contributed by atoms with Gasteiger partial charge in [0.25, 0.3) is 0 Å². The van der Waals surface area contributed by atoms with Crippen LogP contribution in [0.5, 0.6) is 0 Å². The molecule has 138 valence electrons. The molecule has 1 aliphatic rings. The van der Waals surface area contributed by atoms with E-state index >= 15 is 0 Å². The SMILES string of the molecule is COC(=O)/C(C)=C/CC[C@]1([CH2][Hg][Cl])CCCC=C1Sc1ccc(C)cc1. The van der Waals surface area contributed by atoms with E-state index in [1.165, 1.54) is 39.2 Å². The van der Waals surface area contributed by atoms with Gasteiger partial charge in [-0.2, -0.15) is 0 Å². The van der Waals surface area contributed by atoms with Crippen LogP contribution >= 0.6 is 20.0 Å². The Morgan fingerprint density at radius 3 is 2.77 bits per heavy atom. The fourth-order valence-electron chi connectivity index (χ4n) is 3.51. The molecule has 2 rings (SSSR count). The molecule has 0 aromatic heterocycles. The van der Waals surface area contributed by atoms with E-state index in [0.717, 1.165) is 19.3 Å². The number of thioether (sulfide) groups is 1. The molecule has 2 nitrogen and oxygen atoms in total. The molecule has 0 amide bonds. The normalized spacial score (nSPS) is 20.3. The van der Waals surface area contributed by atoms with Gasteiger partial charge in [0.1, 0.15) is 0 Å². The molecular formula is C21H27ClHgO2S. The average molecular weight is 580 g/mol. The van der Waals surface area contributed by atoms with Crippen molar-refractivity contribution in [1.82, 2.24) is 0 Å². The quantitative estimate of drug-likeness (QED) is 0.195. The Bertz CT molecular complexity index is 669. The minimum atomic E-state index is -1.32. The van der Waals surface area contributed by atoms with Crippen molar-refractivity contribution in [2.45, 2.75) is 54.8 Å². The number of hydrogen-bond donors (Lipinski definition) is 0. The summed E-state index contributed by atoms with van der Waals surface area (Å²) in [4.78, 5) is 14.4. The predicted octanol–water partition coefficient (Wildman–Crippen LogP) is 6.70. The van der Waals surface area contributed by atoms with E-state index in [2.05, 4.69) is 37.3 Å². The van der Waals surface area contributed by atoms with Gasteiger partial charge < -0.3 is 0 Å². The van der Waals surface area contributed by atoms with Gasteiger partial charge in [0.15, 0.2) is 0 Å². The van der Waals surface area contributed by atoms with E-state index in [4.69, 9.17) is 13.0 Å². The second-order valence-corrected chi connectivity index (χ2v) is 14.9. The first kappa shape index (κ1) is 22.0. The number of carbonyl (C=O) groups excluding carboxylic acids is 1. The third-order valence-electron chi connectivity index (χ3n) is 5.11. The van der Waals surface area contributed by atoms with Gasteiger partial charge in [0.05, 0.1) is 0 Å². The molecule has 0 aliphatic heterocycles. The van der Waals surface area contributed by atoms with Crippen molar-refractivity contribution in [1.29, 1.82) is 0 Å². The van der Waals surface area contributed by atoms with Crippen molar-refractivity contribution in [2.75, 3.05) is 7.11 Å². The number of halogens is 1. The first-order valence-electron chi connectivity index (χ1n) is 9.27. The summed E-state index contributed by atoms with van der Waals surface area (Å²) in [5, 5.41) is 0. The number of esters is 1. The molecule has 0 spiro atoms. The summed E-state index contributed by atoms with van der Waals surface area (Å²) in [7, 11) is 7.86. The van der Waals surface area contributed by atoms with Gasteiger partial charge in [-0.3, -0.25) is 0 Å². The van der Waals surface area contributed by atoms with Crippen LogP contribution in [-0.2, 0) is 32.9 Å².